The summed E-state index contributed by atoms with van der Waals surface area (Å²) in [6.07, 6.45) is 8.69. The second-order valence-electron chi connectivity index (χ2n) is 8.09. The molecule has 1 aliphatic heterocycles. The molecule has 1 saturated heterocycles. The maximum atomic E-state index is 15.2. The zero-order valence-electron chi connectivity index (χ0n) is 16.2. The third-order valence-corrected chi connectivity index (χ3v) is 6.03. The summed E-state index contributed by atoms with van der Waals surface area (Å²) < 4.78 is 15.2. The number of piperidine rings is 1. The van der Waals surface area contributed by atoms with Crippen molar-refractivity contribution in [3.63, 3.8) is 0 Å². The number of benzene rings is 1. The lowest BCUT2D eigenvalue weighted by molar-refractivity contribution is -0.133. The van der Waals surface area contributed by atoms with Crippen molar-refractivity contribution in [1.29, 1.82) is 0 Å². The van der Waals surface area contributed by atoms with Gasteiger partial charge in [0.25, 0.3) is 0 Å². The minimum atomic E-state index is -1.21. The van der Waals surface area contributed by atoms with E-state index in [1.807, 2.05) is 23.1 Å². The van der Waals surface area contributed by atoms with Gasteiger partial charge in [0.1, 0.15) is 5.67 Å². The van der Waals surface area contributed by atoms with Crippen LogP contribution in [0.1, 0.15) is 43.6 Å². The molecular weight excluding hydrogens is 351 g/mol. The first kappa shape index (κ1) is 19.0. The Bertz CT molecular complexity index is 839. The van der Waals surface area contributed by atoms with E-state index in [-0.39, 0.29) is 5.91 Å². The SMILES string of the molecule is O=C(CCC1=C=C=CC=C1)N1CCC(F)(CNC2CC2c2ccccc2)CC1. The number of likely N-dealkylation sites (tertiary alicyclic amines) is 1. The molecule has 1 saturated carbocycles. The molecule has 2 fully saturated rings. The van der Waals surface area contributed by atoms with Crippen LogP contribution >= 0.6 is 0 Å². The molecule has 1 amide bonds. The Morgan fingerprint density at radius 2 is 2.04 bits per heavy atom. The van der Waals surface area contributed by atoms with Crippen LogP contribution in [-0.2, 0) is 4.79 Å². The molecule has 146 valence electrons. The number of alkyl halides is 1. The number of carbonyl (C=O) groups excluding carboxylic acids is 1. The average molecular weight is 378 g/mol. The minimum Gasteiger partial charge on any atom is -0.342 e. The molecule has 1 aromatic rings. The van der Waals surface area contributed by atoms with Crippen LogP contribution in [0.2, 0.25) is 0 Å². The number of carbonyl (C=O) groups is 1. The molecule has 4 rings (SSSR count). The van der Waals surface area contributed by atoms with Crippen LogP contribution in [0.25, 0.3) is 0 Å². The predicted molar refractivity (Wildman–Crippen MR) is 109 cm³/mol. The van der Waals surface area contributed by atoms with Crippen LogP contribution in [-0.4, -0.2) is 42.2 Å². The van der Waals surface area contributed by atoms with Crippen molar-refractivity contribution in [3.8, 4) is 0 Å². The van der Waals surface area contributed by atoms with Gasteiger partial charge >= 0.3 is 0 Å². The highest BCUT2D eigenvalue weighted by Gasteiger charge is 2.41. The smallest absolute Gasteiger partial charge is 0.222 e. The first-order valence-electron chi connectivity index (χ1n) is 10.3. The predicted octanol–water partition coefficient (Wildman–Crippen LogP) is 4.05. The monoisotopic (exact) mass is 378 g/mol. The summed E-state index contributed by atoms with van der Waals surface area (Å²) in [5.41, 5.74) is 7.06. The molecule has 4 heteroatoms. The maximum absolute atomic E-state index is 15.2. The fraction of sp³-hybridized carbons (Fsp3) is 0.458. The summed E-state index contributed by atoms with van der Waals surface area (Å²) in [6, 6.07) is 10.8. The summed E-state index contributed by atoms with van der Waals surface area (Å²) in [4.78, 5) is 14.2. The summed E-state index contributed by atoms with van der Waals surface area (Å²) in [5.74, 6) is 0.622. The number of nitrogens with zero attached hydrogens (tertiary/aromatic N) is 1. The highest BCUT2D eigenvalue weighted by Crippen LogP contribution is 2.41. The molecule has 2 aliphatic carbocycles. The Morgan fingerprint density at radius 1 is 1.25 bits per heavy atom. The number of rotatable bonds is 7. The molecule has 0 bridgehead atoms. The van der Waals surface area contributed by atoms with Crippen LogP contribution < -0.4 is 5.32 Å². The second-order valence-corrected chi connectivity index (χ2v) is 8.09. The van der Waals surface area contributed by atoms with Crippen LogP contribution in [0.15, 0.2) is 65.6 Å². The summed E-state index contributed by atoms with van der Waals surface area (Å²) in [5, 5.41) is 3.42. The van der Waals surface area contributed by atoms with E-state index in [1.54, 1.807) is 6.08 Å². The van der Waals surface area contributed by atoms with E-state index < -0.39 is 5.67 Å². The van der Waals surface area contributed by atoms with Crippen molar-refractivity contribution in [3.05, 3.63) is 71.2 Å². The maximum Gasteiger partial charge on any atom is 0.222 e. The number of amides is 1. The van der Waals surface area contributed by atoms with Crippen LogP contribution in [0.5, 0.6) is 0 Å². The summed E-state index contributed by atoms with van der Waals surface area (Å²) >= 11 is 0. The zero-order chi connectivity index (χ0) is 19.4. The Labute approximate surface area is 166 Å². The number of halogens is 1. The minimum absolute atomic E-state index is 0.110. The van der Waals surface area contributed by atoms with Gasteiger partial charge in [0.05, 0.1) is 0 Å². The third-order valence-electron chi connectivity index (χ3n) is 6.03. The van der Waals surface area contributed by atoms with Crippen molar-refractivity contribution < 1.29 is 9.18 Å². The molecule has 3 aliphatic rings. The fourth-order valence-electron chi connectivity index (χ4n) is 4.07. The molecule has 2 unspecified atom stereocenters. The topological polar surface area (TPSA) is 32.3 Å². The summed E-state index contributed by atoms with van der Waals surface area (Å²) in [6.45, 7) is 1.40. The quantitative estimate of drug-likeness (QED) is 0.726. The molecule has 1 N–H and O–H groups in total. The highest BCUT2D eigenvalue weighted by atomic mass is 19.1. The molecule has 1 heterocycles. The normalized spacial score (nSPS) is 24.9. The van der Waals surface area contributed by atoms with Crippen LogP contribution in [0.3, 0.4) is 0 Å². The third kappa shape index (κ3) is 4.72. The van der Waals surface area contributed by atoms with E-state index in [0.717, 1.165) is 12.0 Å². The Hall–Kier alpha value is -2.38. The lowest BCUT2D eigenvalue weighted by atomic mass is 9.92. The standard InChI is InChI=1S/C24H27FN2O/c25-24(18-26-22-17-21(22)20-9-5-2-6-10-20)13-15-27(16-14-24)23(28)12-11-19-7-3-1-4-8-19/h1-3,5-7,9-10,21-22,26H,11-18H2. The molecule has 28 heavy (non-hydrogen) atoms. The molecular formula is C24H27FN2O. The van der Waals surface area contributed by atoms with E-state index in [0.29, 0.717) is 57.3 Å². The van der Waals surface area contributed by atoms with Gasteiger partial charge in [0, 0.05) is 56.4 Å². The van der Waals surface area contributed by atoms with Crippen molar-refractivity contribution in [2.75, 3.05) is 19.6 Å². The lowest BCUT2D eigenvalue weighted by Gasteiger charge is -2.36. The van der Waals surface area contributed by atoms with E-state index in [4.69, 9.17) is 0 Å². The second kappa shape index (κ2) is 8.32. The lowest BCUT2D eigenvalue weighted by Crippen LogP contribution is -2.49. The van der Waals surface area contributed by atoms with Gasteiger partial charge in [-0.15, -0.1) is 0 Å². The highest BCUT2D eigenvalue weighted by molar-refractivity contribution is 5.76. The molecule has 2 atom stereocenters. The fourth-order valence-corrected chi connectivity index (χ4v) is 4.07. The zero-order valence-corrected chi connectivity index (χ0v) is 16.2. The molecule has 3 nitrogen and oxygen atoms in total. The van der Waals surface area contributed by atoms with Crippen molar-refractivity contribution in [2.45, 2.75) is 49.7 Å². The summed E-state index contributed by atoms with van der Waals surface area (Å²) in [7, 11) is 0. The Kier molecular flexibility index (Phi) is 5.64. The van der Waals surface area contributed by atoms with Gasteiger partial charge in [0.2, 0.25) is 5.91 Å². The number of hydrogen-bond acceptors (Lipinski definition) is 2. The van der Waals surface area contributed by atoms with Gasteiger partial charge in [-0.25, -0.2) is 4.39 Å². The van der Waals surface area contributed by atoms with E-state index in [1.165, 1.54) is 5.56 Å². The van der Waals surface area contributed by atoms with E-state index in [2.05, 4.69) is 41.0 Å². The van der Waals surface area contributed by atoms with Gasteiger partial charge in [-0.05, 0) is 30.6 Å². The number of allylic oxidation sites excluding steroid dienone is 4. The Morgan fingerprint density at radius 3 is 2.75 bits per heavy atom. The van der Waals surface area contributed by atoms with Crippen LogP contribution in [0, 0.1) is 0 Å². The van der Waals surface area contributed by atoms with Crippen molar-refractivity contribution in [2.24, 2.45) is 0 Å². The van der Waals surface area contributed by atoms with Gasteiger partial charge in [0.15, 0.2) is 0 Å². The number of hydrogen-bond donors (Lipinski definition) is 1. The van der Waals surface area contributed by atoms with Crippen molar-refractivity contribution >= 4 is 5.91 Å². The molecule has 1 aromatic carbocycles. The molecule has 0 radical (unpaired) electrons. The van der Waals surface area contributed by atoms with Gasteiger partial charge in [-0.2, -0.15) is 0 Å². The molecule has 0 spiro atoms. The Balaban J connectivity index is 1.19. The van der Waals surface area contributed by atoms with Gasteiger partial charge in [-0.3, -0.25) is 4.79 Å². The van der Waals surface area contributed by atoms with Crippen LogP contribution in [0.4, 0.5) is 4.39 Å². The van der Waals surface area contributed by atoms with E-state index in [9.17, 15) is 4.79 Å². The van der Waals surface area contributed by atoms with Gasteiger partial charge in [-0.1, -0.05) is 47.9 Å². The first-order chi connectivity index (χ1) is 13.6. The first-order valence-corrected chi connectivity index (χ1v) is 10.3. The molecule has 0 aromatic heterocycles. The van der Waals surface area contributed by atoms with Gasteiger partial charge < -0.3 is 10.2 Å². The van der Waals surface area contributed by atoms with E-state index >= 15 is 4.39 Å². The average Bonchev–Trinajstić information content (AvgIpc) is 3.53. The number of nitrogens with one attached hydrogen (secondary N) is 1. The largest absolute Gasteiger partial charge is 0.342 e. The van der Waals surface area contributed by atoms with Crippen molar-refractivity contribution in [1.82, 2.24) is 10.2 Å².